The van der Waals surface area contributed by atoms with Gasteiger partial charge in [-0.15, -0.1) is 0 Å². The van der Waals surface area contributed by atoms with Gasteiger partial charge in [-0.1, -0.05) is 11.6 Å². The average molecular weight is 479 g/mol. The molecule has 2 aromatic heterocycles. The first-order valence-corrected chi connectivity index (χ1v) is 12.0. The molecule has 4 heterocycles. The summed E-state index contributed by atoms with van der Waals surface area (Å²) in [5.41, 5.74) is 3.56. The summed E-state index contributed by atoms with van der Waals surface area (Å²) >= 11 is 6.02. The molecule has 2 aliphatic rings. The van der Waals surface area contributed by atoms with E-state index in [0.717, 1.165) is 42.6 Å². The molecule has 0 spiro atoms. The number of hydrogen-bond acceptors (Lipinski definition) is 4. The summed E-state index contributed by atoms with van der Waals surface area (Å²) in [5.74, 6) is 0.545. The fourth-order valence-electron chi connectivity index (χ4n) is 5.32. The first-order valence-electron chi connectivity index (χ1n) is 11.6. The highest BCUT2D eigenvalue weighted by Gasteiger charge is 2.28. The topological polar surface area (TPSA) is 61.9 Å². The van der Waals surface area contributed by atoms with Gasteiger partial charge in [0.2, 0.25) is 0 Å². The van der Waals surface area contributed by atoms with E-state index in [1.807, 2.05) is 31.6 Å². The maximum absolute atomic E-state index is 15.1. The number of benzene rings is 2. The zero-order valence-electron chi connectivity index (χ0n) is 18.8. The normalized spacial score (nSPS) is 20.1. The standard InChI is InChI=1S/C26H24ClFN4O2/c1-31-14-17(13-29-31)23-11-15(6-8-34-23)16-9-20(19-5-4-18(27)12-21(19)28)25-22(10-16)30-24-3-2-7-32(24)26(25)33/h4-5,9-10,12-15,23H,2-3,6-8,11H2,1H3/t15-,23+/m0/s1. The van der Waals surface area contributed by atoms with Gasteiger partial charge in [0.25, 0.3) is 5.56 Å². The number of halogens is 2. The van der Waals surface area contributed by atoms with E-state index < -0.39 is 5.82 Å². The van der Waals surface area contributed by atoms with Gasteiger partial charge in [0.1, 0.15) is 11.6 Å². The summed E-state index contributed by atoms with van der Waals surface area (Å²) in [6.45, 7) is 1.27. The van der Waals surface area contributed by atoms with Crippen molar-refractivity contribution in [2.75, 3.05) is 6.61 Å². The Labute approximate surface area is 201 Å². The van der Waals surface area contributed by atoms with Crippen LogP contribution in [0.4, 0.5) is 4.39 Å². The lowest BCUT2D eigenvalue weighted by molar-refractivity contribution is 0.00525. The van der Waals surface area contributed by atoms with Crippen molar-refractivity contribution < 1.29 is 9.13 Å². The van der Waals surface area contributed by atoms with Crippen LogP contribution in [0.2, 0.25) is 5.02 Å². The fourth-order valence-corrected chi connectivity index (χ4v) is 5.48. The molecule has 1 fully saturated rings. The Morgan fingerprint density at radius 3 is 2.85 bits per heavy atom. The second kappa shape index (κ2) is 8.32. The zero-order chi connectivity index (χ0) is 23.4. The number of aromatic nitrogens is 4. The zero-order valence-corrected chi connectivity index (χ0v) is 19.6. The second-order valence-corrected chi connectivity index (χ2v) is 9.64. The van der Waals surface area contributed by atoms with Crippen molar-refractivity contribution in [3.8, 4) is 11.1 Å². The maximum Gasteiger partial charge on any atom is 0.262 e. The number of hydrogen-bond donors (Lipinski definition) is 0. The molecule has 0 aliphatic carbocycles. The molecule has 0 saturated carbocycles. The van der Waals surface area contributed by atoms with Gasteiger partial charge < -0.3 is 4.74 Å². The van der Waals surface area contributed by atoms with Crippen LogP contribution in [0.3, 0.4) is 0 Å². The molecule has 4 aromatic rings. The third kappa shape index (κ3) is 3.63. The van der Waals surface area contributed by atoms with Crippen LogP contribution >= 0.6 is 11.6 Å². The van der Waals surface area contributed by atoms with E-state index in [0.29, 0.717) is 40.2 Å². The lowest BCUT2D eigenvalue weighted by Gasteiger charge is -2.30. The number of fused-ring (bicyclic) bond motifs is 2. The molecule has 0 bridgehead atoms. The summed E-state index contributed by atoms with van der Waals surface area (Å²) in [7, 11) is 1.89. The quantitative estimate of drug-likeness (QED) is 0.407. The van der Waals surface area contributed by atoms with Crippen molar-refractivity contribution in [1.82, 2.24) is 19.3 Å². The summed E-state index contributed by atoms with van der Waals surface area (Å²) in [6.07, 6.45) is 7.06. The van der Waals surface area contributed by atoms with Gasteiger partial charge in [-0.05, 0) is 66.6 Å². The number of nitrogens with zero attached hydrogens (tertiary/aromatic N) is 4. The van der Waals surface area contributed by atoms with Crippen LogP contribution in [0.1, 0.15) is 48.2 Å². The van der Waals surface area contributed by atoms with E-state index in [9.17, 15) is 4.79 Å². The Bertz CT molecular complexity index is 1480. The average Bonchev–Trinajstić information content (AvgIpc) is 3.48. The van der Waals surface area contributed by atoms with E-state index in [1.165, 1.54) is 6.07 Å². The minimum absolute atomic E-state index is 0.0579. The largest absolute Gasteiger partial charge is 0.373 e. The summed E-state index contributed by atoms with van der Waals surface area (Å²) < 4.78 is 24.6. The monoisotopic (exact) mass is 478 g/mol. The van der Waals surface area contributed by atoms with Crippen LogP contribution in [0.5, 0.6) is 0 Å². The highest BCUT2D eigenvalue weighted by Crippen LogP contribution is 2.40. The molecule has 6 rings (SSSR count). The molecule has 8 heteroatoms. The van der Waals surface area contributed by atoms with Crippen LogP contribution in [-0.2, 0) is 24.8 Å². The Morgan fingerprint density at radius 1 is 1.18 bits per heavy atom. The molecular formula is C26H24ClFN4O2. The van der Waals surface area contributed by atoms with Crippen molar-refractivity contribution in [2.24, 2.45) is 7.05 Å². The first kappa shape index (κ1) is 21.5. The van der Waals surface area contributed by atoms with Gasteiger partial charge in [-0.3, -0.25) is 14.0 Å². The van der Waals surface area contributed by atoms with E-state index in [4.69, 9.17) is 21.3 Å². The molecule has 1 saturated heterocycles. The van der Waals surface area contributed by atoms with Crippen LogP contribution < -0.4 is 5.56 Å². The molecule has 34 heavy (non-hydrogen) atoms. The molecule has 0 radical (unpaired) electrons. The third-order valence-corrected chi connectivity index (χ3v) is 7.25. The predicted octanol–water partition coefficient (Wildman–Crippen LogP) is 5.17. The van der Waals surface area contributed by atoms with Crippen LogP contribution in [0.15, 0.2) is 47.5 Å². The second-order valence-electron chi connectivity index (χ2n) is 9.20. The molecule has 0 amide bonds. The summed E-state index contributed by atoms with van der Waals surface area (Å²) in [6, 6.07) is 8.58. The minimum atomic E-state index is -0.448. The Morgan fingerprint density at radius 2 is 2.06 bits per heavy atom. The Balaban J connectivity index is 1.52. The van der Waals surface area contributed by atoms with Crippen molar-refractivity contribution in [2.45, 2.75) is 44.2 Å². The lowest BCUT2D eigenvalue weighted by atomic mass is 9.85. The van der Waals surface area contributed by atoms with Gasteiger partial charge in [-0.25, -0.2) is 9.37 Å². The van der Waals surface area contributed by atoms with E-state index in [2.05, 4.69) is 5.10 Å². The Kier molecular flexibility index (Phi) is 5.26. The molecular weight excluding hydrogens is 455 g/mol. The van der Waals surface area contributed by atoms with Crippen LogP contribution in [-0.4, -0.2) is 25.9 Å². The van der Waals surface area contributed by atoms with Gasteiger partial charge in [0.15, 0.2) is 0 Å². The smallest absolute Gasteiger partial charge is 0.262 e. The van der Waals surface area contributed by atoms with Crippen molar-refractivity contribution in [3.05, 3.63) is 80.9 Å². The lowest BCUT2D eigenvalue weighted by Crippen LogP contribution is -2.22. The Hall–Kier alpha value is -3.03. The van der Waals surface area contributed by atoms with E-state index in [-0.39, 0.29) is 17.6 Å². The number of aryl methyl sites for hydroxylation is 2. The van der Waals surface area contributed by atoms with Gasteiger partial charge >= 0.3 is 0 Å². The fraction of sp³-hybridized carbons (Fsp3) is 0.346. The van der Waals surface area contributed by atoms with Gasteiger partial charge in [0, 0.05) is 49.0 Å². The highest BCUT2D eigenvalue weighted by atomic mass is 35.5. The van der Waals surface area contributed by atoms with E-state index >= 15 is 4.39 Å². The van der Waals surface area contributed by atoms with Gasteiger partial charge in [-0.2, -0.15) is 5.10 Å². The van der Waals surface area contributed by atoms with E-state index in [1.54, 1.807) is 21.4 Å². The first-order chi connectivity index (χ1) is 16.5. The molecule has 2 aliphatic heterocycles. The third-order valence-electron chi connectivity index (χ3n) is 7.02. The molecule has 0 unspecified atom stereocenters. The highest BCUT2D eigenvalue weighted by molar-refractivity contribution is 6.30. The van der Waals surface area contributed by atoms with Crippen LogP contribution in [0, 0.1) is 5.82 Å². The molecule has 2 atom stereocenters. The van der Waals surface area contributed by atoms with Crippen molar-refractivity contribution in [1.29, 1.82) is 0 Å². The molecule has 2 aromatic carbocycles. The van der Waals surface area contributed by atoms with Crippen LogP contribution in [0.25, 0.3) is 22.0 Å². The van der Waals surface area contributed by atoms with Gasteiger partial charge in [0.05, 0.1) is 23.2 Å². The number of rotatable bonds is 3. The predicted molar refractivity (Wildman–Crippen MR) is 129 cm³/mol. The molecule has 6 nitrogen and oxygen atoms in total. The molecule has 0 N–H and O–H groups in total. The summed E-state index contributed by atoms with van der Waals surface area (Å²) in [4.78, 5) is 18.3. The number of ether oxygens (including phenoxy) is 1. The molecule has 174 valence electrons. The minimum Gasteiger partial charge on any atom is -0.373 e. The van der Waals surface area contributed by atoms with Crippen molar-refractivity contribution >= 4 is 22.5 Å². The summed E-state index contributed by atoms with van der Waals surface area (Å²) in [5, 5.41) is 5.07. The van der Waals surface area contributed by atoms with Crippen molar-refractivity contribution in [3.63, 3.8) is 0 Å². The maximum atomic E-state index is 15.1. The SMILES string of the molecule is Cn1cc([C@H]2C[C@@H](c3cc(-c4ccc(Cl)cc4F)c4c(=O)n5c(nc4c3)CCC5)CCO2)cn1.